The first kappa shape index (κ1) is 29.6. The number of quaternary nitrogens is 1. The van der Waals surface area contributed by atoms with E-state index < -0.39 is 12.0 Å². The number of likely N-dealkylation sites (N-methyl/N-ethyl adjacent to an activating group) is 1. The minimum absolute atomic E-state index is 0.197. The van der Waals surface area contributed by atoms with Crippen LogP contribution < -0.4 is 19.9 Å². The fourth-order valence-corrected chi connectivity index (χ4v) is 3.60. The number of carboxylic acids is 1. The topological polar surface area (TPSA) is 90.9 Å². The lowest BCUT2D eigenvalue weighted by molar-refractivity contribution is -0.871. The number of nitrogens with zero attached hydrogens (tertiary/aromatic N) is 2. The molecule has 1 rings (SSSR count). The van der Waals surface area contributed by atoms with Crippen LogP contribution in [-0.2, 0) is 4.79 Å². The van der Waals surface area contributed by atoms with Crippen molar-refractivity contribution in [1.29, 1.82) is 0 Å². The van der Waals surface area contributed by atoms with Gasteiger partial charge < -0.3 is 34.1 Å². The van der Waals surface area contributed by atoms with Crippen molar-refractivity contribution in [3.05, 3.63) is 24.3 Å². The van der Waals surface area contributed by atoms with Crippen LogP contribution in [0.4, 0.5) is 4.79 Å². The predicted molar refractivity (Wildman–Crippen MR) is 133 cm³/mol. The summed E-state index contributed by atoms with van der Waals surface area (Å²) in [5, 5.41) is 13.8. The Balaban J connectivity index is 2.26. The lowest BCUT2D eigenvalue weighted by Crippen LogP contribution is -2.53. The quantitative estimate of drug-likeness (QED) is 0.258. The minimum atomic E-state index is -1.16. The van der Waals surface area contributed by atoms with Crippen LogP contribution in [-0.4, -0.2) is 81.9 Å². The summed E-state index contributed by atoms with van der Waals surface area (Å²) in [6.45, 7) is 4.63. The van der Waals surface area contributed by atoms with Crippen LogP contribution in [0.3, 0.4) is 0 Å². The molecule has 1 N–H and O–H groups in total. The number of ether oxygens (including phenoxy) is 2. The molecule has 0 aromatic heterocycles. The largest absolute Gasteiger partial charge is 0.550 e. The number of nitrogens with one attached hydrogen (secondary N) is 1. The van der Waals surface area contributed by atoms with Gasteiger partial charge in [-0.25, -0.2) is 4.79 Å². The smallest absolute Gasteiger partial charge is 0.317 e. The molecule has 0 aliphatic rings. The number of urea groups is 1. The molecule has 1 aromatic carbocycles. The van der Waals surface area contributed by atoms with Crippen molar-refractivity contribution in [2.45, 2.75) is 64.3 Å². The van der Waals surface area contributed by atoms with Crippen molar-refractivity contribution in [3.63, 3.8) is 0 Å². The maximum atomic E-state index is 12.4. The second kappa shape index (κ2) is 16.2. The van der Waals surface area contributed by atoms with Gasteiger partial charge in [0.2, 0.25) is 0 Å². The summed E-state index contributed by atoms with van der Waals surface area (Å²) in [7, 11) is 7.59. The van der Waals surface area contributed by atoms with E-state index in [4.69, 9.17) is 9.47 Å². The van der Waals surface area contributed by atoms with Crippen molar-refractivity contribution in [2.75, 3.05) is 54.5 Å². The third-order valence-corrected chi connectivity index (χ3v) is 5.33. The molecule has 0 bridgehead atoms. The second-order valence-corrected chi connectivity index (χ2v) is 9.91. The maximum absolute atomic E-state index is 12.4. The van der Waals surface area contributed by atoms with Gasteiger partial charge in [0.25, 0.3) is 0 Å². The summed E-state index contributed by atoms with van der Waals surface area (Å²) in [5.74, 6) is 0.480. The number of aliphatic carboxylic acids is 1. The number of carbonyl (C=O) groups is 2. The van der Waals surface area contributed by atoms with Gasteiger partial charge in [-0.05, 0) is 37.8 Å². The Hall–Kier alpha value is -2.48. The zero-order valence-corrected chi connectivity index (χ0v) is 21.8. The Kier molecular flexibility index (Phi) is 14.1. The van der Waals surface area contributed by atoms with Crippen molar-refractivity contribution in [2.24, 2.45) is 0 Å². The first-order valence-electron chi connectivity index (χ1n) is 12.5. The summed E-state index contributed by atoms with van der Waals surface area (Å²) >= 11 is 0. The third-order valence-electron chi connectivity index (χ3n) is 5.33. The van der Waals surface area contributed by atoms with Crippen molar-refractivity contribution < 1.29 is 28.7 Å². The first-order valence-corrected chi connectivity index (χ1v) is 12.5. The lowest BCUT2D eigenvalue weighted by Gasteiger charge is -2.31. The van der Waals surface area contributed by atoms with E-state index >= 15 is 0 Å². The van der Waals surface area contributed by atoms with Crippen LogP contribution in [0.2, 0.25) is 0 Å². The van der Waals surface area contributed by atoms with Gasteiger partial charge in [0.15, 0.2) is 0 Å². The lowest BCUT2D eigenvalue weighted by atomic mass is 10.2. The molecule has 2 amide bonds. The summed E-state index contributed by atoms with van der Waals surface area (Å²) in [6.07, 6.45) is 7.17. The third kappa shape index (κ3) is 14.6. The molecule has 1 aromatic rings. The summed E-state index contributed by atoms with van der Waals surface area (Å²) < 4.78 is 12.2. The monoisotopic (exact) mass is 479 g/mol. The molecule has 0 fully saturated rings. The van der Waals surface area contributed by atoms with E-state index in [1.807, 2.05) is 45.4 Å². The molecule has 1 atom stereocenters. The summed E-state index contributed by atoms with van der Waals surface area (Å²) in [6, 6.07) is 7.02. The molecule has 0 radical (unpaired) electrons. The fourth-order valence-electron chi connectivity index (χ4n) is 3.60. The Morgan fingerprint density at radius 2 is 1.59 bits per heavy atom. The Labute approximate surface area is 205 Å². The van der Waals surface area contributed by atoms with Crippen LogP contribution in [0, 0.1) is 0 Å². The number of carbonyl (C=O) groups excluding carboxylic acids is 2. The Morgan fingerprint density at radius 1 is 1.00 bits per heavy atom. The van der Waals surface area contributed by atoms with Gasteiger partial charge in [0.05, 0.1) is 46.9 Å². The van der Waals surface area contributed by atoms with Crippen molar-refractivity contribution >= 4 is 12.0 Å². The van der Waals surface area contributed by atoms with Crippen molar-refractivity contribution in [1.82, 2.24) is 10.2 Å². The number of unbranched alkanes of at least 4 members (excludes halogenated alkanes) is 5. The number of hydrogen-bond donors (Lipinski definition) is 1. The summed E-state index contributed by atoms with van der Waals surface area (Å²) in [5.41, 5.74) is 0. The zero-order chi connectivity index (χ0) is 25.4. The normalized spacial score (nSPS) is 12.1. The van der Waals surface area contributed by atoms with Crippen LogP contribution in [0.15, 0.2) is 24.3 Å². The highest BCUT2D eigenvalue weighted by Gasteiger charge is 2.21. The molecule has 8 nitrogen and oxygen atoms in total. The highest BCUT2D eigenvalue weighted by Crippen LogP contribution is 2.20. The van der Waals surface area contributed by atoms with Crippen LogP contribution in [0.1, 0.15) is 58.3 Å². The first-order chi connectivity index (χ1) is 16.1. The Bertz CT molecular complexity index is 721. The van der Waals surface area contributed by atoms with E-state index in [0.717, 1.165) is 43.8 Å². The van der Waals surface area contributed by atoms with E-state index in [2.05, 4.69) is 12.2 Å². The number of rotatable bonds is 18. The molecule has 34 heavy (non-hydrogen) atoms. The highest BCUT2D eigenvalue weighted by atomic mass is 16.5. The number of carboxylic acid groups (broad SMARTS) is 1. The minimum Gasteiger partial charge on any atom is -0.550 e. The maximum Gasteiger partial charge on any atom is 0.317 e. The average molecular weight is 480 g/mol. The fraction of sp³-hybridized carbons (Fsp3) is 0.692. The van der Waals surface area contributed by atoms with Crippen molar-refractivity contribution in [3.8, 4) is 11.5 Å². The van der Waals surface area contributed by atoms with Gasteiger partial charge in [-0.1, -0.05) is 32.3 Å². The average Bonchev–Trinajstić information content (AvgIpc) is 2.74. The molecule has 0 saturated carbocycles. The van der Waals surface area contributed by atoms with E-state index in [0.29, 0.717) is 24.2 Å². The SMILES string of the molecule is CCCCCCOc1cccc(OCCCCCN(C)C(=O)NC(CC(=O)[O-])C[N+](C)(C)C)c1. The van der Waals surface area contributed by atoms with Crippen LogP contribution in [0.25, 0.3) is 0 Å². The molecule has 0 aliphatic heterocycles. The second-order valence-electron chi connectivity index (χ2n) is 9.91. The number of benzene rings is 1. The van der Waals surface area contributed by atoms with Gasteiger partial charge in [-0.2, -0.15) is 0 Å². The van der Waals surface area contributed by atoms with E-state index in [9.17, 15) is 14.7 Å². The molecule has 0 aliphatic carbocycles. The molecule has 8 heteroatoms. The molecule has 194 valence electrons. The number of hydrogen-bond acceptors (Lipinski definition) is 5. The van der Waals surface area contributed by atoms with Crippen LogP contribution in [0.5, 0.6) is 11.5 Å². The molecule has 0 spiro atoms. The standard InChI is InChI=1S/C26H45N3O5/c1-6-7-8-11-17-33-23-14-13-15-24(20-23)34-18-12-9-10-16-28(2)26(32)27-22(19-25(30)31)21-29(3,4)5/h13-15,20,22H,6-12,16-19,21H2,1-5H3,(H-,27,30,31,32). The van der Waals surface area contributed by atoms with Crippen LogP contribution >= 0.6 is 0 Å². The molecular formula is C26H45N3O5. The van der Waals surface area contributed by atoms with Gasteiger partial charge >= 0.3 is 6.03 Å². The zero-order valence-electron chi connectivity index (χ0n) is 21.8. The molecule has 0 heterocycles. The summed E-state index contributed by atoms with van der Waals surface area (Å²) in [4.78, 5) is 25.1. The van der Waals surface area contributed by atoms with E-state index in [1.165, 1.54) is 19.3 Å². The van der Waals surface area contributed by atoms with E-state index in [-0.39, 0.29) is 12.5 Å². The predicted octanol–water partition coefficient (Wildman–Crippen LogP) is 3.05. The van der Waals surface area contributed by atoms with E-state index in [1.54, 1.807) is 11.9 Å². The highest BCUT2D eigenvalue weighted by molar-refractivity contribution is 5.75. The Morgan fingerprint density at radius 3 is 2.12 bits per heavy atom. The molecular weight excluding hydrogens is 434 g/mol. The van der Waals surface area contributed by atoms with Gasteiger partial charge in [-0.3, -0.25) is 0 Å². The van der Waals surface area contributed by atoms with Gasteiger partial charge in [0.1, 0.15) is 11.5 Å². The molecule has 0 saturated heterocycles. The molecule has 1 unspecified atom stereocenters. The number of amides is 2. The van der Waals surface area contributed by atoms with Gasteiger partial charge in [-0.15, -0.1) is 0 Å². The van der Waals surface area contributed by atoms with Gasteiger partial charge in [0, 0.05) is 32.0 Å².